The van der Waals surface area contributed by atoms with Crippen LogP contribution in [-0.2, 0) is 19.1 Å². The molecule has 2 amide bonds. The molecule has 1 saturated heterocycles. The normalized spacial score (nSPS) is 15.9. The summed E-state index contributed by atoms with van der Waals surface area (Å²) in [7, 11) is 1.26. The summed E-state index contributed by atoms with van der Waals surface area (Å²) in [6.07, 6.45) is 1.22. The third-order valence-corrected chi connectivity index (χ3v) is 4.54. The number of hydrogen-bond acceptors (Lipinski definition) is 5. The van der Waals surface area contributed by atoms with Crippen molar-refractivity contribution < 1.29 is 19.1 Å². The van der Waals surface area contributed by atoms with Crippen LogP contribution in [0.25, 0.3) is 0 Å². The van der Waals surface area contributed by atoms with Crippen molar-refractivity contribution in [3.63, 3.8) is 0 Å². The summed E-state index contributed by atoms with van der Waals surface area (Å²) < 4.78 is 4.56. The van der Waals surface area contributed by atoms with Crippen molar-refractivity contribution in [1.29, 1.82) is 0 Å². The molecular weight excluding hydrogens is 328 g/mol. The summed E-state index contributed by atoms with van der Waals surface area (Å²) >= 11 is 1.21. The van der Waals surface area contributed by atoms with Gasteiger partial charge in [-0.1, -0.05) is 37.7 Å². The van der Waals surface area contributed by atoms with Crippen molar-refractivity contribution in [3.8, 4) is 0 Å². The predicted octanol–water partition coefficient (Wildman–Crippen LogP) is 2.34. The van der Waals surface area contributed by atoms with E-state index in [-0.39, 0.29) is 24.1 Å². The number of amides is 2. The number of thioether (sulfide) groups is 1. The Morgan fingerprint density at radius 2 is 2.00 bits per heavy atom. The van der Waals surface area contributed by atoms with Gasteiger partial charge < -0.3 is 10.1 Å². The van der Waals surface area contributed by atoms with E-state index in [2.05, 4.69) is 23.9 Å². The zero-order valence-corrected chi connectivity index (χ0v) is 14.7. The van der Waals surface area contributed by atoms with E-state index in [1.54, 1.807) is 0 Å². The van der Waals surface area contributed by atoms with Crippen molar-refractivity contribution in [3.05, 3.63) is 40.9 Å². The lowest BCUT2D eigenvalue weighted by Crippen LogP contribution is -2.34. The van der Waals surface area contributed by atoms with Gasteiger partial charge in [0.15, 0.2) is 0 Å². The first kappa shape index (κ1) is 18.1. The summed E-state index contributed by atoms with van der Waals surface area (Å²) in [5.41, 5.74) is 1.85. The number of methoxy groups -OCH3 is 1. The van der Waals surface area contributed by atoms with E-state index in [1.807, 2.05) is 24.3 Å². The Morgan fingerprint density at radius 1 is 1.33 bits per heavy atom. The van der Waals surface area contributed by atoms with E-state index >= 15 is 0 Å². The Labute approximate surface area is 145 Å². The number of rotatable bonds is 5. The fourth-order valence-corrected chi connectivity index (χ4v) is 3.08. The van der Waals surface area contributed by atoms with Crippen molar-refractivity contribution in [2.75, 3.05) is 24.7 Å². The van der Waals surface area contributed by atoms with Crippen LogP contribution in [0.5, 0.6) is 0 Å². The highest BCUT2D eigenvalue weighted by Gasteiger charge is 2.29. The van der Waals surface area contributed by atoms with Crippen molar-refractivity contribution >= 4 is 35.2 Å². The molecule has 0 atom stereocenters. The number of esters is 1. The fraction of sp³-hybridized carbons (Fsp3) is 0.353. The highest BCUT2D eigenvalue weighted by Crippen LogP contribution is 2.28. The van der Waals surface area contributed by atoms with E-state index < -0.39 is 5.97 Å². The molecule has 6 nitrogen and oxygen atoms in total. The van der Waals surface area contributed by atoms with Crippen LogP contribution in [-0.4, -0.2) is 42.1 Å². The predicted molar refractivity (Wildman–Crippen MR) is 93.4 cm³/mol. The molecule has 1 aromatic carbocycles. The molecule has 1 fully saturated rings. The number of carbonyl (C=O) groups is 3. The van der Waals surface area contributed by atoms with E-state index in [9.17, 15) is 14.4 Å². The molecule has 0 spiro atoms. The topological polar surface area (TPSA) is 75.7 Å². The molecule has 1 aliphatic heterocycles. The SMILES string of the molecule is COC(=O)C=C1SCC(=O)N1CC(=O)Nc1ccc(C(C)C)cc1. The summed E-state index contributed by atoms with van der Waals surface area (Å²) in [6, 6.07) is 7.58. The monoisotopic (exact) mass is 348 g/mol. The fourth-order valence-electron chi connectivity index (χ4n) is 2.16. The van der Waals surface area contributed by atoms with Crippen LogP contribution in [0.1, 0.15) is 25.3 Å². The first-order valence-electron chi connectivity index (χ1n) is 7.53. The lowest BCUT2D eigenvalue weighted by Gasteiger charge is -2.16. The molecular formula is C17H20N2O4S. The van der Waals surface area contributed by atoms with Gasteiger partial charge >= 0.3 is 5.97 Å². The van der Waals surface area contributed by atoms with Crippen molar-refractivity contribution in [2.24, 2.45) is 0 Å². The van der Waals surface area contributed by atoms with Crippen LogP contribution in [0.3, 0.4) is 0 Å². The Bertz CT molecular complexity index is 668. The molecule has 0 radical (unpaired) electrons. The molecule has 1 heterocycles. The number of hydrogen-bond donors (Lipinski definition) is 1. The van der Waals surface area contributed by atoms with E-state index in [0.717, 1.165) is 0 Å². The molecule has 0 bridgehead atoms. The van der Waals surface area contributed by atoms with Crippen LogP contribution in [0.15, 0.2) is 35.4 Å². The molecule has 1 aliphatic rings. The molecule has 2 rings (SSSR count). The maximum atomic E-state index is 12.2. The third-order valence-electron chi connectivity index (χ3n) is 3.52. The molecule has 0 saturated carbocycles. The highest BCUT2D eigenvalue weighted by molar-refractivity contribution is 8.04. The van der Waals surface area contributed by atoms with Crippen LogP contribution < -0.4 is 5.32 Å². The molecule has 7 heteroatoms. The largest absolute Gasteiger partial charge is 0.466 e. The Morgan fingerprint density at radius 3 is 2.58 bits per heavy atom. The summed E-state index contributed by atoms with van der Waals surface area (Å²) in [5.74, 6) is -0.458. The standard InChI is InChI=1S/C17H20N2O4S/c1-11(2)12-4-6-13(7-5-12)18-14(20)9-19-15(21)10-24-16(19)8-17(22)23-3/h4-8,11H,9-10H2,1-3H3,(H,18,20). The summed E-state index contributed by atoms with van der Waals surface area (Å²) in [4.78, 5) is 36.7. The van der Waals surface area contributed by atoms with E-state index in [1.165, 1.54) is 35.4 Å². The number of anilines is 1. The second-order valence-electron chi connectivity index (χ2n) is 5.60. The molecule has 128 valence electrons. The van der Waals surface area contributed by atoms with E-state index in [0.29, 0.717) is 16.6 Å². The maximum absolute atomic E-state index is 12.2. The zero-order chi connectivity index (χ0) is 17.7. The number of carbonyl (C=O) groups excluding carboxylic acids is 3. The summed E-state index contributed by atoms with van der Waals surface area (Å²) in [5, 5.41) is 3.19. The van der Waals surface area contributed by atoms with Crippen molar-refractivity contribution in [2.45, 2.75) is 19.8 Å². The van der Waals surface area contributed by atoms with Gasteiger partial charge in [-0.2, -0.15) is 0 Å². The van der Waals surface area contributed by atoms with Gasteiger partial charge in [0.25, 0.3) is 0 Å². The van der Waals surface area contributed by atoms with Gasteiger partial charge in [0.05, 0.1) is 24.0 Å². The van der Waals surface area contributed by atoms with Gasteiger partial charge in [-0.05, 0) is 23.6 Å². The number of benzene rings is 1. The van der Waals surface area contributed by atoms with Crippen molar-refractivity contribution in [1.82, 2.24) is 4.90 Å². The first-order chi connectivity index (χ1) is 11.4. The lowest BCUT2D eigenvalue weighted by atomic mass is 10.0. The van der Waals surface area contributed by atoms with Gasteiger partial charge in [0.1, 0.15) is 6.54 Å². The number of ether oxygens (including phenoxy) is 1. The lowest BCUT2D eigenvalue weighted by molar-refractivity contribution is -0.135. The summed E-state index contributed by atoms with van der Waals surface area (Å²) in [6.45, 7) is 4.05. The highest BCUT2D eigenvalue weighted by atomic mass is 32.2. The Balaban J connectivity index is 2.01. The van der Waals surface area contributed by atoms with Gasteiger partial charge in [0.2, 0.25) is 11.8 Å². The Hall–Kier alpha value is -2.28. The zero-order valence-electron chi connectivity index (χ0n) is 13.9. The molecule has 1 aromatic rings. The van der Waals surface area contributed by atoms with Crippen LogP contribution in [0.2, 0.25) is 0 Å². The molecule has 24 heavy (non-hydrogen) atoms. The second kappa shape index (κ2) is 8.01. The molecule has 0 aliphatic carbocycles. The minimum atomic E-state index is -0.554. The second-order valence-corrected chi connectivity index (χ2v) is 6.59. The quantitative estimate of drug-likeness (QED) is 0.653. The van der Waals surface area contributed by atoms with Crippen LogP contribution in [0, 0.1) is 0 Å². The van der Waals surface area contributed by atoms with Gasteiger partial charge in [-0.3, -0.25) is 14.5 Å². The van der Waals surface area contributed by atoms with Crippen LogP contribution in [0.4, 0.5) is 5.69 Å². The molecule has 0 unspecified atom stereocenters. The minimum Gasteiger partial charge on any atom is -0.466 e. The first-order valence-corrected chi connectivity index (χ1v) is 8.52. The average molecular weight is 348 g/mol. The minimum absolute atomic E-state index is 0.138. The maximum Gasteiger partial charge on any atom is 0.333 e. The van der Waals surface area contributed by atoms with Crippen LogP contribution >= 0.6 is 11.8 Å². The number of nitrogens with one attached hydrogen (secondary N) is 1. The third kappa shape index (κ3) is 4.61. The molecule has 0 aromatic heterocycles. The van der Waals surface area contributed by atoms with Gasteiger partial charge in [-0.15, -0.1) is 0 Å². The van der Waals surface area contributed by atoms with Gasteiger partial charge in [0, 0.05) is 5.69 Å². The Kier molecular flexibility index (Phi) is 6.03. The van der Waals surface area contributed by atoms with Gasteiger partial charge in [-0.25, -0.2) is 4.79 Å². The molecule has 1 N–H and O–H groups in total. The smallest absolute Gasteiger partial charge is 0.333 e. The average Bonchev–Trinajstić information content (AvgIpc) is 2.88. The van der Waals surface area contributed by atoms with E-state index in [4.69, 9.17) is 0 Å². The number of nitrogens with zero attached hydrogens (tertiary/aromatic N) is 1.